The number of amides is 3. The lowest BCUT2D eigenvalue weighted by atomic mass is 10.2. The third kappa shape index (κ3) is 4.95. The highest BCUT2D eigenvalue weighted by atomic mass is 32.2. The van der Waals surface area contributed by atoms with Gasteiger partial charge in [0.05, 0.1) is 4.91 Å². The Hall–Kier alpha value is -3.19. The number of carbonyl (C=O) groups excluding carboxylic acids is 3. The summed E-state index contributed by atoms with van der Waals surface area (Å²) in [6, 6.07) is 15.3. The average molecular weight is 396 g/mol. The molecule has 0 aliphatic carbocycles. The van der Waals surface area contributed by atoms with Gasteiger partial charge in [-0.05, 0) is 35.5 Å². The monoisotopic (exact) mass is 396 g/mol. The Morgan fingerprint density at radius 3 is 2.54 bits per heavy atom. The summed E-state index contributed by atoms with van der Waals surface area (Å²) in [5.74, 6) is -1.24. The summed E-state index contributed by atoms with van der Waals surface area (Å²) < 4.78 is 13.5. The van der Waals surface area contributed by atoms with E-state index in [0.29, 0.717) is 10.5 Å². The molecule has 1 aliphatic rings. The first-order valence-electron chi connectivity index (χ1n) is 8.55. The molecule has 0 saturated carbocycles. The standard InChI is InChI=1S/C21H17FN2O3S/c22-17-9-5-4-8-16(17)10-11-19(25)23-12-13-24-20(26)18(28-21(24)27)14-15-6-2-1-3-7-15/h1-11,14H,12-13H2,(H,23,25)/b11-10+,18-14-. The molecule has 7 heteroatoms. The van der Waals surface area contributed by atoms with Gasteiger partial charge in [-0.25, -0.2) is 4.39 Å². The van der Waals surface area contributed by atoms with Crippen molar-refractivity contribution in [2.45, 2.75) is 0 Å². The molecule has 1 aliphatic heterocycles. The van der Waals surface area contributed by atoms with Gasteiger partial charge in [-0.2, -0.15) is 0 Å². The molecule has 0 bridgehead atoms. The fraction of sp³-hybridized carbons (Fsp3) is 0.0952. The quantitative estimate of drug-likeness (QED) is 0.757. The van der Waals surface area contributed by atoms with E-state index in [9.17, 15) is 18.8 Å². The van der Waals surface area contributed by atoms with Gasteiger partial charge in [0, 0.05) is 24.7 Å². The van der Waals surface area contributed by atoms with Crippen LogP contribution in [0.3, 0.4) is 0 Å². The molecule has 3 rings (SSSR count). The third-order valence-electron chi connectivity index (χ3n) is 3.93. The molecule has 0 aromatic heterocycles. The number of thioether (sulfide) groups is 1. The Kier molecular flexibility index (Phi) is 6.39. The van der Waals surface area contributed by atoms with E-state index in [1.807, 2.05) is 30.3 Å². The highest BCUT2D eigenvalue weighted by Crippen LogP contribution is 2.31. The molecule has 0 atom stereocenters. The Labute approximate surface area is 165 Å². The molecular formula is C21H17FN2O3S. The van der Waals surface area contributed by atoms with E-state index in [1.165, 1.54) is 18.2 Å². The lowest BCUT2D eigenvalue weighted by molar-refractivity contribution is -0.123. The largest absolute Gasteiger partial charge is 0.351 e. The topological polar surface area (TPSA) is 66.5 Å². The molecular weight excluding hydrogens is 379 g/mol. The first kappa shape index (κ1) is 19.6. The van der Waals surface area contributed by atoms with Crippen LogP contribution in [0.1, 0.15) is 11.1 Å². The molecule has 0 unspecified atom stereocenters. The summed E-state index contributed by atoms with van der Waals surface area (Å²) in [6.07, 6.45) is 4.25. The fourth-order valence-electron chi connectivity index (χ4n) is 2.52. The Balaban J connectivity index is 1.52. The number of nitrogens with one attached hydrogen (secondary N) is 1. The number of imide groups is 1. The molecule has 142 valence electrons. The van der Waals surface area contributed by atoms with Gasteiger partial charge in [0.25, 0.3) is 11.1 Å². The summed E-state index contributed by atoms with van der Waals surface area (Å²) in [7, 11) is 0. The predicted octanol–water partition coefficient (Wildman–Crippen LogP) is 3.69. The highest BCUT2D eigenvalue weighted by Gasteiger charge is 2.34. The molecule has 1 heterocycles. The van der Waals surface area contributed by atoms with Crippen LogP contribution in [0.5, 0.6) is 0 Å². The van der Waals surface area contributed by atoms with Crippen LogP contribution in [-0.4, -0.2) is 35.0 Å². The lowest BCUT2D eigenvalue weighted by Gasteiger charge is -2.12. The second-order valence-corrected chi connectivity index (χ2v) is 6.88. The maximum Gasteiger partial charge on any atom is 0.293 e. The van der Waals surface area contributed by atoms with Crippen molar-refractivity contribution in [2.24, 2.45) is 0 Å². The van der Waals surface area contributed by atoms with Gasteiger partial charge in [-0.15, -0.1) is 0 Å². The molecule has 1 fully saturated rings. The zero-order valence-electron chi connectivity index (χ0n) is 14.8. The van der Waals surface area contributed by atoms with Crippen molar-refractivity contribution < 1.29 is 18.8 Å². The van der Waals surface area contributed by atoms with Crippen LogP contribution in [0, 0.1) is 5.82 Å². The third-order valence-corrected chi connectivity index (χ3v) is 4.83. The van der Waals surface area contributed by atoms with Gasteiger partial charge in [0.15, 0.2) is 0 Å². The number of rotatable bonds is 6. The molecule has 5 nitrogen and oxygen atoms in total. The van der Waals surface area contributed by atoms with E-state index >= 15 is 0 Å². The minimum absolute atomic E-state index is 0.0656. The van der Waals surface area contributed by atoms with Gasteiger partial charge in [-0.1, -0.05) is 48.5 Å². The number of benzene rings is 2. The number of halogens is 1. The SMILES string of the molecule is O=C(/C=C/c1ccccc1F)NCCN1C(=O)S/C(=C\c2ccccc2)C1=O. The van der Waals surface area contributed by atoms with Crippen molar-refractivity contribution in [3.05, 3.63) is 82.5 Å². The summed E-state index contributed by atoms with van der Waals surface area (Å²) in [4.78, 5) is 37.8. The molecule has 2 aromatic rings. The van der Waals surface area contributed by atoms with Crippen LogP contribution >= 0.6 is 11.8 Å². The maximum atomic E-state index is 13.5. The smallest absolute Gasteiger partial charge is 0.293 e. The van der Waals surface area contributed by atoms with Gasteiger partial charge in [0.1, 0.15) is 5.82 Å². The van der Waals surface area contributed by atoms with Crippen LogP contribution in [0.15, 0.2) is 65.6 Å². The normalized spacial score (nSPS) is 15.6. The fourth-order valence-corrected chi connectivity index (χ4v) is 3.38. The minimum Gasteiger partial charge on any atom is -0.351 e. The van der Waals surface area contributed by atoms with Crippen molar-refractivity contribution in [1.29, 1.82) is 0 Å². The molecule has 2 aromatic carbocycles. The van der Waals surface area contributed by atoms with Crippen molar-refractivity contribution >= 4 is 41.0 Å². The van der Waals surface area contributed by atoms with E-state index < -0.39 is 11.7 Å². The van der Waals surface area contributed by atoms with E-state index in [0.717, 1.165) is 22.2 Å². The van der Waals surface area contributed by atoms with Crippen LogP contribution < -0.4 is 5.32 Å². The van der Waals surface area contributed by atoms with Gasteiger partial charge >= 0.3 is 0 Å². The van der Waals surface area contributed by atoms with Gasteiger partial charge < -0.3 is 5.32 Å². The van der Waals surface area contributed by atoms with E-state index in [2.05, 4.69) is 5.32 Å². The number of hydrogen-bond donors (Lipinski definition) is 1. The lowest BCUT2D eigenvalue weighted by Crippen LogP contribution is -2.36. The molecule has 1 saturated heterocycles. The minimum atomic E-state index is -0.435. The Morgan fingerprint density at radius 1 is 1.07 bits per heavy atom. The van der Waals surface area contributed by atoms with Crippen LogP contribution in [-0.2, 0) is 9.59 Å². The second-order valence-electron chi connectivity index (χ2n) is 5.89. The first-order chi connectivity index (χ1) is 13.5. The van der Waals surface area contributed by atoms with Crippen molar-refractivity contribution in [3.63, 3.8) is 0 Å². The number of nitrogens with zero attached hydrogens (tertiary/aromatic N) is 1. The number of hydrogen-bond acceptors (Lipinski definition) is 4. The van der Waals surface area contributed by atoms with Gasteiger partial charge in [0.2, 0.25) is 5.91 Å². The Bertz CT molecular complexity index is 957. The summed E-state index contributed by atoms with van der Waals surface area (Å²) in [5.41, 5.74) is 1.13. The van der Waals surface area contributed by atoms with E-state index in [1.54, 1.807) is 24.3 Å². The van der Waals surface area contributed by atoms with Crippen molar-refractivity contribution in [3.8, 4) is 0 Å². The van der Waals surface area contributed by atoms with E-state index in [-0.39, 0.29) is 24.2 Å². The summed E-state index contributed by atoms with van der Waals surface area (Å²) in [6.45, 7) is 0.174. The van der Waals surface area contributed by atoms with Crippen LogP contribution in [0.25, 0.3) is 12.2 Å². The average Bonchev–Trinajstić information content (AvgIpc) is 2.95. The molecule has 1 N–H and O–H groups in total. The molecule has 0 spiro atoms. The van der Waals surface area contributed by atoms with E-state index in [4.69, 9.17) is 0 Å². The molecule has 28 heavy (non-hydrogen) atoms. The van der Waals surface area contributed by atoms with Crippen molar-refractivity contribution in [2.75, 3.05) is 13.1 Å². The zero-order valence-corrected chi connectivity index (χ0v) is 15.6. The highest BCUT2D eigenvalue weighted by molar-refractivity contribution is 8.18. The summed E-state index contributed by atoms with van der Waals surface area (Å²) in [5, 5.41) is 2.21. The summed E-state index contributed by atoms with van der Waals surface area (Å²) >= 11 is 0.875. The van der Waals surface area contributed by atoms with Crippen LogP contribution in [0.2, 0.25) is 0 Å². The first-order valence-corrected chi connectivity index (χ1v) is 9.37. The van der Waals surface area contributed by atoms with Gasteiger partial charge in [-0.3, -0.25) is 19.3 Å². The van der Waals surface area contributed by atoms with Crippen molar-refractivity contribution in [1.82, 2.24) is 10.2 Å². The maximum absolute atomic E-state index is 13.5. The number of carbonyl (C=O) groups is 3. The zero-order chi connectivity index (χ0) is 19.9. The second kappa shape index (κ2) is 9.14. The molecule has 0 radical (unpaired) electrons. The Morgan fingerprint density at radius 2 is 1.79 bits per heavy atom. The predicted molar refractivity (Wildman–Crippen MR) is 108 cm³/mol. The molecule has 3 amide bonds. The van der Waals surface area contributed by atoms with Crippen LogP contribution in [0.4, 0.5) is 9.18 Å².